The lowest BCUT2D eigenvalue weighted by atomic mass is 10.0. The summed E-state index contributed by atoms with van der Waals surface area (Å²) in [4.78, 5) is 25.8. The van der Waals surface area contributed by atoms with Gasteiger partial charge < -0.3 is 9.64 Å². The molecule has 1 atom stereocenters. The average Bonchev–Trinajstić information content (AvgIpc) is 2.80. The van der Waals surface area contributed by atoms with Gasteiger partial charge >= 0.3 is 0 Å². The second kappa shape index (κ2) is 8.65. The lowest BCUT2D eigenvalue weighted by Crippen LogP contribution is -2.39. The second-order valence-corrected chi connectivity index (χ2v) is 8.87. The van der Waals surface area contributed by atoms with E-state index in [9.17, 15) is 0 Å². The van der Waals surface area contributed by atoms with Crippen molar-refractivity contribution in [3.63, 3.8) is 0 Å². The summed E-state index contributed by atoms with van der Waals surface area (Å²) in [6.07, 6.45) is 1.74. The van der Waals surface area contributed by atoms with Crippen LogP contribution in [0.2, 0.25) is 5.02 Å². The summed E-state index contributed by atoms with van der Waals surface area (Å²) in [7, 11) is 0. The molecular weight excluding hydrogens is 436 g/mol. The van der Waals surface area contributed by atoms with Crippen LogP contribution in [0, 0.1) is 27.7 Å². The van der Waals surface area contributed by atoms with E-state index in [1.807, 2.05) is 58.2 Å². The molecule has 1 unspecified atom stereocenters. The molecule has 1 saturated heterocycles. The van der Waals surface area contributed by atoms with E-state index in [2.05, 4.69) is 16.0 Å². The Kier molecular flexibility index (Phi) is 5.68. The van der Waals surface area contributed by atoms with Gasteiger partial charge in [0.2, 0.25) is 5.95 Å². The largest absolute Gasteiger partial charge is 0.370 e. The molecule has 7 nitrogen and oxygen atoms in total. The monoisotopic (exact) mass is 460 g/mol. The maximum absolute atomic E-state index is 6.22. The van der Waals surface area contributed by atoms with Crippen molar-refractivity contribution in [2.75, 3.05) is 24.6 Å². The van der Waals surface area contributed by atoms with Crippen molar-refractivity contribution in [3.05, 3.63) is 69.8 Å². The highest BCUT2D eigenvalue weighted by atomic mass is 35.5. The van der Waals surface area contributed by atoms with Crippen molar-refractivity contribution in [2.45, 2.75) is 33.8 Å². The zero-order valence-corrected chi connectivity index (χ0v) is 19.9. The Morgan fingerprint density at radius 3 is 2.58 bits per heavy atom. The molecule has 0 spiro atoms. The standard InChI is InChI=1S/C25H25ClN6O/c1-14-11-19(26)5-6-20(14)22-23-24(29-17(4)16(3)28-23)31-25(30-22)32-9-10-33-21(13-32)18-7-8-27-15(2)12-18/h5-8,11-12,21H,9-10,13H2,1-4H3. The lowest BCUT2D eigenvalue weighted by Gasteiger charge is -2.33. The predicted octanol–water partition coefficient (Wildman–Crippen LogP) is 4.95. The Balaban J connectivity index is 1.62. The van der Waals surface area contributed by atoms with Crippen molar-refractivity contribution in [3.8, 4) is 11.3 Å². The minimum absolute atomic E-state index is 0.0775. The third-order valence-electron chi connectivity index (χ3n) is 6.02. The number of halogens is 1. The maximum atomic E-state index is 6.22. The van der Waals surface area contributed by atoms with Crippen LogP contribution >= 0.6 is 11.6 Å². The van der Waals surface area contributed by atoms with Crippen molar-refractivity contribution >= 4 is 28.7 Å². The van der Waals surface area contributed by atoms with Crippen LogP contribution in [-0.2, 0) is 4.74 Å². The van der Waals surface area contributed by atoms with E-state index in [1.165, 1.54) is 0 Å². The van der Waals surface area contributed by atoms with Gasteiger partial charge in [-0.15, -0.1) is 0 Å². The minimum atomic E-state index is -0.0775. The van der Waals surface area contributed by atoms with Gasteiger partial charge in [0, 0.05) is 29.0 Å². The van der Waals surface area contributed by atoms with E-state index in [0.717, 1.165) is 39.5 Å². The van der Waals surface area contributed by atoms with E-state index in [-0.39, 0.29) is 6.10 Å². The molecule has 8 heteroatoms. The first-order valence-electron chi connectivity index (χ1n) is 11.0. The highest BCUT2D eigenvalue weighted by Crippen LogP contribution is 2.32. The molecule has 0 bridgehead atoms. The van der Waals surface area contributed by atoms with Crippen LogP contribution in [0.15, 0.2) is 36.5 Å². The maximum Gasteiger partial charge on any atom is 0.228 e. The Morgan fingerprint density at radius 1 is 0.970 bits per heavy atom. The molecule has 168 valence electrons. The fourth-order valence-electron chi connectivity index (χ4n) is 4.12. The number of aromatic nitrogens is 5. The molecule has 0 amide bonds. The SMILES string of the molecule is Cc1cc(C2CN(c3nc(-c4ccc(Cl)cc4C)c4nc(C)c(C)nc4n3)CCO2)ccn1. The number of nitrogens with zero attached hydrogens (tertiary/aromatic N) is 6. The first kappa shape index (κ1) is 21.7. The van der Waals surface area contributed by atoms with Crippen LogP contribution in [0.25, 0.3) is 22.4 Å². The summed E-state index contributed by atoms with van der Waals surface area (Å²) < 4.78 is 6.07. The number of morpholine rings is 1. The number of ether oxygens (including phenoxy) is 1. The summed E-state index contributed by atoms with van der Waals surface area (Å²) >= 11 is 6.22. The van der Waals surface area contributed by atoms with Gasteiger partial charge in [0.1, 0.15) is 17.3 Å². The molecule has 3 aromatic heterocycles. The number of hydrogen-bond acceptors (Lipinski definition) is 7. The quantitative estimate of drug-likeness (QED) is 0.428. The van der Waals surface area contributed by atoms with Gasteiger partial charge in [0.25, 0.3) is 0 Å². The van der Waals surface area contributed by atoms with Gasteiger partial charge in [-0.2, -0.15) is 4.98 Å². The summed E-state index contributed by atoms with van der Waals surface area (Å²) in [6, 6.07) is 9.87. The molecule has 1 aromatic carbocycles. The summed E-state index contributed by atoms with van der Waals surface area (Å²) in [5.41, 5.74) is 7.86. The van der Waals surface area contributed by atoms with E-state index in [1.54, 1.807) is 0 Å². The van der Waals surface area contributed by atoms with Crippen molar-refractivity contribution in [1.82, 2.24) is 24.9 Å². The molecule has 33 heavy (non-hydrogen) atoms. The molecule has 4 aromatic rings. The Labute approximate surface area is 197 Å². The number of anilines is 1. The fourth-order valence-corrected chi connectivity index (χ4v) is 4.35. The summed E-state index contributed by atoms with van der Waals surface area (Å²) in [5.74, 6) is 0.628. The highest BCUT2D eigenvalue weighted by Gasteiger charge is 2.26. The van der Waals surface area contributed by atoms with Crippen LogP contribution < -0.4 is 4.90 Å². The Morgan fingerprint density at radius 2 is 1.79 bits per heavy atom. The van der Waals surface area contributed by atoms with Gasteiger partial charge in [-0.3, -0.25) is 4.98 Å². The third kappa shape index (κ3) is 4.26. The van der Waals surface area contributed by atoms with Gasteiger partial charge in [0.05, 0.1) is 24.5 Å². The van der Waals surface area contributed by atoms with Gasteiger partial charge in [-0.05, 0) is 63.1 Å². The number of hydrogen-bond donors (Lipinski definition) is 0. The van der Waals surface area contributed by atoms with E-state index < -0.39 is 0 Å². The number of pyridine rings is 1. The molecule has 1 aliphatic heterocycles. The smallest absolute Gasteiger partial charge is 0.228 e. The lowest BCUT2D eigenvalue weighted by molar-refractivity contribution is 0.0391. The molecule has 4 heterocycles. The summed E-state index contributed by atoms with van der Waals surface area (Å²) in [5, 5.41) is 0.691. The van der Waals surface area contributed by atoms with Gasteiger partial charge in [-0.25, -0.2) is 15.0 Å². The van der Waals surface area contributed by atoms with Crippen LogP contribution in [0.1, 0.15) is 34.3 Å². The first-order valence-corrected chi connectivity index (χ1v) is 11.4. The number of benzene rings is 1. The number of fused-ring (bicyclic) bond motifs is 1. The Hall–Kier alpha value is -3.16. The molecule has 0 aliphatic carbocycles. The van der Waals surface area contributed by atoms with Crippen LogP contribution in [0.3, 0.4) is 0 Å². The predicted molar refractivity (Wildman–Crippen MR) is 130 cm³/mol. The van der Waals surface area contributed by atoms with Crippen LogP contribution in [-0.4, -0.2) is 44.6 Å². The topological polar surface area (TPSA) is 76.9 Å². The minimum Gasteiger partial charge on any atom is -0.370 e. The van der Waals surface area contributed by atoms with Gasteiger partial charge in [0.15, 0.2) is 5.65 Å². The number of aryl methyl sites for hydroxylation is 4. The second-order valence-electron chi connectivity index (χ2n) is 8.43. The molecule has 1 aliphatic rings. The average molecular weight is 461 g/mol. The molecule has 5 rings (SSSR count). The fraction of sp³-hybridized carbons (Fsp3) is 0.320. The van der Waals surface area contributed by atoms with Gasteiger partial charge in [-0.1, -0.05) is 17.7 Å². The van der Waals surface area contributed by atoms with Crippen LogP contribution in [0.4, 0.5) is 5.95 Å². The molecule has 0 saturated carbocycles. The van der Waals surface area contributed by atoms with Crippen molar-refractivity contribution in [1.29, 1.82) is 0 Å². The first-order chi connectivity index (χ1) is 15.9. The highest BCUT2D eigenvalue weighted by molar-refractivity contribution is 6.30. The third-order valence-corrected chi connectivity index (χ3v) is 6.25. The van der Waals surface area contributed by atoms with Crippen molar-refractivity contribution < 1.29 is 4.74 Å². The normalized spacial score (nSPS) is 16.4. The Bertz CT molecular complexity index is 1360. The summed E-state index contributed by atoms with van der Waals surface area (Å²) in [6.45, 7) is 9.85. The van der Waals surface area contributed by atoms with Crippen LogP contribution in [0.5, 0.6) is 0 Å². The van der Waals surface area contributed by atoms with Crippen molar-refractivity contribution in [2.24, 2.45) is 0 Å². The molecule has 0 radical (unpaired) electrons. The molecule has 1 fully saturated rings. The number of rotatable bonds is 3. The zero-order valence-electron chi connectivity index (χ0n) is 19.1. The van der Waals surface area contributed by atoms with E-state index in [0.29, 0.717) is 41.8 Å². The molecule has 0 N–H and O–H groups in total. The molecular formula is C25H25ClN6O. The zero-order chi connectivity index (χ0) is 23.1. The van der Waals surface area contributed by atoms with E-state index >= 15 is 0 Å². The van der Waals surface area contributed by atoms with E-state index in [4.69, 9.17) is 36.3 Å².